The molecule has 92 valence electrons. The standard InChI is InChI=1S/C12H19N5/c1-2-5-17(7-9-3-4-9)12-10(11(13)14)6-15-8-16-12/h6,8-9H,2-5,7H2,1H3,(H3,13,14). The Morgan fingerprint density at radius 1 is 1.59 bits per heavy atom. The monoisotopic (exact) mass is 233 g/mol. The third-order valence-electron chi connectivity index (χ3n) is 2.95. The van der Waals surface area contributed by atoms with E-state index in [1.54, 1.807) is 6.20 Å². The fourth-order valence-corrected chi connectivity index (χ4v) is 1.93. The van der Waals surface area contributed by atoms with Crippen LogP contribution in [0.25, 0.3) is 0 Å². The van der Waals surface area contributed by atoms with E-state index in [1.165, 1.54) is 19.2 Å². The molecule has 0 unspecified atom stereocenters. The van der Waals surface area contributed by atoms with E-state index >= 15 is 0 Å². The second-order valence-corrected chi connectivity index (χ2v) is 4.56. The van der Waals surface area contributed by atoms with E-state index in [9.17, 15) is 0 Å². The summed E-state index contributed by atoms with van der Waals surface area (Å²) in [6.07, 6.45) is 6.83. The molecule has 0 saturated heterocycles. The zero-order valence-electron chi connectivity index (χ0n) is 10.2. The van der Waals surface area contributed by atoms with Crippen molar-refractivity contribution < 1.29 is 0 Å². The summed E-state index contributed by atoms with van der Waals surface area (Å²) in [5.74, 6) is 1.63. The van der Waals surface area contributed by atoms with Gasteiger partial charge in [-0.05, 0) is 25.2 Å². The average molecular weight is 233 g/mol. The Hall–Kier alpha value is -1.65. The number of nitrogens with one attached hydrogen (secondary N) is 1. The van der Waals surface area contributed by atoms with Crippen molar-refractivity contribution in [3.05, 3.63) is 18.1 Å². The molecule has 1 aromatic rings. The van der Waals surface area contributed by atoms with Crippen molar-refractivity contribution in [2.75, 3.05) is 18.0 Å². The molecule has 0 atom stereocenters. The Bertz CT molecular complexity index is 400. The SMILES string of the molecule is CCCN(CC1CC1)c1ncncc1C(=N)N. The minimum Gasteiger partial charge on any atom is -0.384 e. The van der Waals surface area contributed by atoms with Gasteiger partial charge in [-0.15, -0.1) is 0 Å². The van der Waals surface area contributed by atoms with Gasteiger partial charge in [-0.2, -0.15) is 0 Å². The lowest BCUT2D eigenvalue weighted by Gasteiger charge is -2.24. The molecule has 0 amide bonds. The lowest BCUT2D eigenvalue weighted by atomic mass is 10.2. The largest absolute Gasteiger partial charge is 0.384 e. The van der Waals surface area contributed by atoms with Crippen LogP contribution in [-0.4, -0.2) is 28.9 Å². The van der Waals surface area contributed by atoms with Crippen LogP contribution >= 0.6 is 0 Å². The van der Waals surface area contributed by atoms with Crippen LogP contribution < -0.4 is 10.6 Å². The van der Waals surface area contributed by atoms with Crippen molar-refractivity contribution in [1.82, 2.24) is 9.97 Å². The van der Waals surface area contributed by atoms with Gasteiger partial charge in [0.05, 0.1) is 5.56 Å². The first-order valence-corrected chi connectivity index (χ1v) is 6.11. The molecule has 0 bridgehead atoms. The predicted molar refractivity (Wildman–Crippen MR) is 68.3 cm³/mol. The normalized spacial score (nSPS) is 14.6. The van der Waals surface area contributed by atoms with E-state index in [4.69, 9.17) is 11.1 Å². The van der Waals surface area contributed by atoms with Gasteiger partial charge in [0.2, 0.25) is 0 Å². The highest BCUT2D eigenvalue weighted by molar-refractivity contribution is 5.99. The molecule has 0 spiro atoms. The van der Waals surface area contributed by atoms with E-state index in [2.05, 4.69) is 21.8 Å². The summed E-state index contributed by atoms with van der Waals surface area (Å²) >= 11 is 0. The Balaban J connectivity index is 2.23. The topological polar surface area (TPSA) is 78.9 Å². The van der Waals surface area contributed by atoms with Gasteiger partial charge in [0.1, 0.15) is 18.0 Å². The molecule has 1 aliphatic carbocycles. The minimum absolute atomic E-state index is 0.0394. The van der Waals surface area contributed by atoms with Crippen LogP contribution in [0.5, 0.6) is 0 Å². The third kappa shape index (κ3) is 2.93. The first-order valence-electron chi connectivity index (χ1n) is 6.11. The van der Waals surface area contributed by atoms with Crippen LogP contribution in [0.1, 0.15) is 31.7 Å². The fraction of sp³-hybridized carbons (Fsp3) is 0.583. The van der Waals surface area contributed by atoms with Crippen LogP contribution in [0.2, 0.25) is 0 Å². The van der Waals surface area contributed by atoms with Gasteiger partial charge < -0.3 is 10.6 Å². The van der Waals surface area contributed by atoms with Crippen molar-refractivity contribution in [2.45, 2.75) is 26.2 Å². The van der Waals surface area contributed by atoms with Crippen molar-refractivity contribution >= 4 is 11.7 Å². The maximum absolute atomic E-state index is 7.57. The quantitative estimate of drug-likeness (QED) is 0.575. The van der Waals surface area contributed by atoms with Gasteiger partial charge in [0.15, 0.2) is 0 Å². The highest BCUT2D eigenvalue weighted by atomic mass is 15.2. The van der Waals surface area contributed by atoms with E-state index < -0.39 is 0 Å². The highest BCUT2D eigenvalue weighted by Gasteiger charge is 2.26. The number of hydrogen-bond acceptors (Lipinski definition) is 4. The van der Waals surface area contributed by atoms with E-state index in [-0.39, 0.29) is 5.84 Å². The molecule has 2 rings (SSSR count). The minimum atomic E-state index is 0.0394. The van der Waals surface area contributed by atoms with Gasteiger partial charge >= 0.3 is 0 Å². The van der Waals surface area contributed by atoms with Crippen LogP contribution in [-0.2, 0) is 0 Å². The number of anilines is 1. The molecule has 0 aromatic carbocycles. The average Bonchev–Trinajstić information content (AvgIpc) is 3.12. The molecule has 1 saturated carbocycles. The molecular formula is C12H19N5. The molecule has 0 radical (unpaired) electrons. The molecule has 5 nitrogen and oxygen atoms in total. The molecule has 5 heteroatoms. The number of nitrogen functional groups attached to an aromatic ring is 1. The number of hydrogen-bond donors (Lipinski definition) is 2. The van der Waals surface area contributed by atoms with Gasteiger partial charge in [0.25, 0.3) is 0 Å². The summed E-state index contributed by atoms with van der Waals surface area (Å²) in [5.41, 5.74) is 6.21. The Kier molecular flexibility index (Phi) is 3.56. The number of nitrogens with zero attached hydrogens (tertiary/aromatic N) is 3. The smallest absolute Gasteiger partial charge is 0.142 e. The molecule has 1 aromatic heterocycles. The van der Waals surface area contributed by atoms with Gasteiger partial charge in [-0.3, -0.25) is 5.41 Å². The highest BCUT2D eigenvalue weighted by Crippen LogP contribution is 2.31. The van der Waals surface area contributed by atoms with Crippen molar-refractivity contribution in [3.8, 4) is 0 Å². The van der Waals surface area contributed by atoms with Crippen LogP contribution in [0.3, 0.4) is 0 Å². The van der Waals surface area contributed by atoms with Crippen molar-refractivity contribution in [3.63, 3.8) is 0 Å². The van der Waals surface area contributed by atoms with Crippen molar-refractivity contribution in [1.29, 1.82) is 5.41 Å². The van der Waals surface area contributed by atoms with E-state index in [1.807, 2.05) is 0 Å². The summed E-state index contributed by atoms with van der Waals surface area (Å²) in [6, 6.07) is 0. The van der Waals surface area contributed by atoms with Crippen molar-refractivity contribution in [2.24, 2.45) is 11.7 Å². The number of rotatable bonds is 6. The van der Waals surface area contributed by atoms with Crippen LogP contribution in [0.4, 0.5) is 5.82 Å². The van der Waals surface area contributed by atoms with Crippen LogP contribution in [0.15, 0.2) is 12.5 Å². The van der Waals surface area contributed by atoms with E-state index in [0.717, 1.165) is 31.2 Å². The molecule has 1 fully saturated rings. The zero-order chi connectivity index (χ0) is 12.3. The maximum atomic E-state index is 7.57. The van der Waals surface area contributed by atoms with Crippen LogP contribution in [0, 0.1) is 11.3 Å². The third-order valence-corrected chi connectivity index (χ3v) is 2.95. The number of aromatic nitrogens is 2. The van der Waals surface area contributed by atoms with Gasteiger partial charge in [0, 0.05) is 19.3 Å². The first kappa shape index (κ1) is 11.8. The lowest BCUT2D eigenvalue weighted by Crippen LogP contribution is -2.30. The lowest BCUT2D eigenvalue weighted by molar-refractivity contribution is 0.697. The Labute approximate surface area is 102 Å². The maximum Gasteiger partial charge on any atom is 0.142 e. The summed E-state index contributed by atoms with van der Waals surface area (Å²) in [4.78, 5) is 10.5. The second kappa shape index (κ2) is 5.12. The predicted octanol–water partition coefficient (Wildman–Crippen LogP) is 1.39. The van der Waals surface area contributed by atoms with E-state index in [0.29, 0.717) is 5.56 Å². The fourth-order valence-electron chi connectivity index (χ4n) is 1.93. The number of nitrogens with two attached hydrogens (primary N) is 1. The molecular weight excluding hydrogens is 214 g/mol. The molecule has 3 N–H and O–H groups in total. The molecule has 17 heavy (non-hydrogen) atoms. The number of amidine groups is 1. The summed E-state index contributed by atoms with van der Waals surface area (Å²) < 4.78 is 0. The summed E-state index contributed by atoms with van der Waals surface area (Å²) in [7, 11) is 0. The Morgan fingerprint density at radius 2 is 2.35 bits per heavy atom. The molecule has 1 aliphatic rings. The molecule has 1 heterocycles. The van der Waals surface area contributed by atoms with Gasteiger partial charge in [-0.25, -0.2) is 9.97 Å². The first-order chi connectivity index (χ1) is 8.22. The Morgan fingerprint density at radius 3 is 2.94 bits per heavy atom. The summed E-state index contributed by atoms with van der Waals surface area (Å²) in [5, 5.41) is 7.57. The zero-order valence-corrected chi connectivity index (χ0v) is 10.2. The van der Waals surface area contributed by atoms with Gasteiger partial charge in [-0.1, -0.05) is 6.92 Å². The molecule has 0 aliphatic heterocycles. The second-order valence-electron chi connectivity index (χ2n) is 4.56. The summed E-state index contributed by atoms with van der Waals surface area (Å²) in [6.45, 7) is 4.12.